The van der Waals surface area contributed by atoms with Gasteiger partial charge in [0.05, 0.1) is 0 Å². The van der Waals surface area contributed by atoms with E-state index < -0.39 is 0 Å². The second-order valence-corrected chi connectivity index (χ2v) is 4.59. The van der Waals surface area contributed by atoms with Gasteiger partial charge in [0.15, 0.2) is 0 Å². The highest BCUT2D eigenvalue weighted by Crippen LogP contribution is 1.88. The summed E-state index contributed by atoms with van der Waals surface area (Å²) in [5, 5.41) is 3.34. The van der Waals surface area contributed by atoms with E-state index in [9.17, 15) is 0 Å². The van der Waals surface area contributed by atoms with Crippen molar-refractivity contribution in [2.75, 3.05) is 13.1 Å². The van der Waals surface area contributed by atoms with E-state index in [1.54, 1.807) is 0 Å². The molecule has 0 unspecified atom stereocenters. The summed E-state index contributed by atoms with van der Waals surface area (Å²) < 4.78 is 0. The Morgan fingerprint density at radius 1 is 0.923 bits per heavy atom. The third-order valence-electron chi connectivity index (χ3n) is 1.41. The molecule has 0 bridgehead atoms. The van der Waals surface area contributed by atoms with Gasteiger partial charge in [0.25, 0.3) is 0 Å². The van der Waals surface area contributed by atoms with Crippen LogP contribution >= 0.6 is 0 Å². The topological polar surface area (TPSA) is 38.0 Å². The molecule has 0 saturated heterocycles. The molecule has 2 heteroatoms. The lowest BCUT2D eigenvalue weighted by Crippen LogP contribution is -2.26. The van der Waals surface area contributed by atoms with Gasteiger partial charge in [-0.15, -0.1) is 0 Å². The van der Waals surface area contributed by atoms with Crippen molar-refractivity contribution < 1.29 is 0 Å². The summed E-state index contributed by atoms with van der Waals surface area (Å²) in [5.41, 5.74) is 5.17. The van der Waals surface area contributed by atoms with Crippen molar-refractivity contribution in [3.8, 4) is 0 Å². The van der Waals surface area contributed by atoms with Crippen LogP contribution in [-0.4, -0.2) is 19.1 Å². The van der Waals surface area contributed by atoms with Crippen LogP contribution in [0.4, 0.5) is 0 Å². The summed E-state index contributed by atoms with van der Waals surface area (Å²) in [5.74, 6) is 1.44. The molecule has 0 rings (SSSR count). The largest absolute Gasteiger partial charge is 0.330 e. The zero-order valence-electron chi connectivity index (χ0n) is 10.2. The maximum absolute atomic E-state index is 5.17. The zero-order valence-corrected chi connectivity index (χ0v) is 10.2. The highest BCUT2D eigenvalue weighted by atomic mass is 14.9. The minimum absolute atomic E-state index is 0.636. The van der Waals surface area contributed by atoms with E-state index >= 15 is 0 Å². The Morgan fingerprint density at radius 2 is 1.31 bits per heavy atom. The van der Waals surface area contributed by atoms with Crippen molar-refractivity contribution in [2.45, 2.75) is 47.6 Å². The van der Waals surface area contributed by atoms with Crippen LogP contribution in [-0.2, 0) is 0 Å². The van der Waals surface area contributed by atoms with E-state index in [1.165, 1.54) is 0 Å². The molecule has 0 aliphatic carbocycles. The highest BCUT2D eigenvalue weighted by molar-refractivity contribution is 4.54. The number of nitrogens with two attached hydrogens (primary N) is 1. The summed E-state index contributed by atoms with van der Waals surface area (Å²) in [6, 6.07) is 0.636. The van der Waals surface area contributed by atoms with Crippen LogP contribution in [0, 0.1) is 11.8 Å². The first-order valence-electron chi connectivity index (χ1n) is 5.33. The normalized spacial score (nSPS) is 10.6. The molecule has 82 valence electrons. The van der Waals surface area contributed by atoms with Gasteiger partial charge in [-0.3, -0.25) is 0 Å². The first-order chi connectivity index (χ1) is 5.90. The zero-order chi connectivity index (χ0) is 10.9. The van der Waals surface area contributed by atoms with Crippen LogP contribution in [0.25, 0.3) is 0 Å². The van der Waals surface area contributed by atoms with E-state index in [0.717, 1.165) is 19.0 Å². The molecule has 13 heavy (non-hydrogen) atoms. The molecule has 0 aromatic rings. The summed E-state index contributed by atoms with van der Waals surface area (Å²) in [7, 11) is 0. The van der Waals surface area contributed by atoms with Crippen molar-refractivity contribution in [1.82, 2.24) is 5.32 Å². The number of rotatable bonds is 4. The summed E-state index contributed by atoms with van der Waals surface area (Å²) in [4.78, 5) is 0. The van der Waals surface area contributed by atoms with E-state index in [-0.39, 0.29) is 0 Å². The van der Waals surface area contributed by atoms with E-state index in [2.05, 4.69) is 46.9 Å². The van der Waals surface area contributed by atoms with Crippen molar-refractivity contribution in [1.29, 1.82) is 0 Å². The Labute approximate surface area is 84.3 Å². The van der Waals surface area contributed by atoms with Gasteiger partial charge in [-0.05, 0) is 24.9 Å². The molecule has 0 aromatic heterocycles. The van der Waals surface area contributed by atoms with Crippen molar-refractivity contribution in [3.05, 3.63) is 0 Å². The van der Waals surface area contributed by atoms with E-state index in [1.807, 2.05) is 0 Å². The van der Waals surface area contributed by atoms with Crippen LogP contribution in [0.15, 0.2) is 0 Å². The Kier molecular flexibility index (Phi) is 11.8. The minimum atomic E-state index is 0.636. The predicted octanol–water partition coefficient (Wildman–Crippen LogP) is 2.24. The van der Waals surface area contributed by atoms with Gasteiger partial charge in [0.1, 0.15) is 0 Å². The number of nitrogens with one attached hydrogen (secondary N) is 1. The predicted molar refractivity (Wildman–Crippen MR) is 61.9 cm³/mol. The molecule has 0 aliphatic rings. The lowest BCUT2D eigenvalue weighted by molar-refractivity contribution is 0.505. The average Bonchev–Trinajstić information content (AvgIpc) is 2.02. The second-order valence-electron chi connectivity index (χ2n) is 4.59. The van der Waals surface area contributed by atoms with Gasteiger partial charge < -0.3 is 11.1 Å². The first kappa shape index (κ1) is 15.4. The van der Waals surface area contributed by atoms with Crippen LogP contribution in [0.3, 0.4) is 0 Å². The van der Waals surface area contributed by atoms with Gasteiger partial charge >= 0.3 is 0 Å². The van der Waals surface area contributed by atoms with E-state index in [0.29, 0.717) is 12.0 Å². The minimum Gasteiger partial charge on any atom is -0.330 e. The molecule has 2 nitrogen and oxygen atoms in total. The average molecular weight is 188 g/mol. The first-order valence-corrected chi connectivity index (χ1v) is 5.33. The van der Waals surface area contributed by atoms with Gasteiger partial charge in [-0.2, -0.15) is 0 Å². The van der Waals surface area contributed by atoms with E-state index in [4.69, 9.17) is 5.73 Å². The van der Waals surface area contributed by atoms with Crippen LogP contribution < -0.4 is 11.1 Å². The van der Waals surface area contributed by atoms with Gasteiger partial charge in [-0.1, -0.05) is 41.5 Å². The molecule has 0 amide bonds. The summed E-state index contributed by atoms with van der Waals surface area (Å²) in [6.07, 6.45) is 0. The van der Waals surface area contributed by atoms with Gasteiger partial charge in [-0.25, -0.2) is 0 Å². The molecule has 0 atom stereocenters. The summed E-state index contributed by atoms with van der Waals surface area (Å²) in [6.45, 7) is 14.9. The molecule has 0 aromatic carbocycles. The van der Waals surface area contributed by atoms with Crippen molar-refractivity contribution >= 4 is 0 Å². The van der Waals surface area contributed by atoms with Gasteiger partial charge in [0, 0.05) is 6.04 Å². The molecule has 0 aliphatic heterocycles. The maximum atomic E-state index is 5.17. The van der Waals surface area contributed by atoms with Crippen LogP contribution in [0.1, 0.15) is 41.5 Å². The van der Waals surface area contributed by atoms with Crippen LogP contribution in [0.5, 0.6) is 0 Å². The summed E-state index contributed by atoms with van der Waals surface area (Å²) >= 11 is 0. The third kappa shape index (κ3) is 24.5. The lowest BCUT2D eigenvalue weighted by Gasteiger charge is -2.09. The molecular formula is C11H28N2. The Hall–Kier alpha value is -0.0800. The Morgan fingerprint density at radius 3 is 1.38 bits per heavy atom. The Balaban J connectivity index is 0. The number of hydrogen-bond acceptors (Lipinski definition) is 2. The van der Waals surface area contributed by atoms with Crippen molar-refractivity contribution in [2.24, 2.45) is 17.6 Å². The smallest absolute Gasteiger partial charge is 0.00104 e. The maximum Gasteiger partial charge on any atom is 0.00104 e. The van der Waals surface area contributed by atoms with Gasteiger partial charge in [0.2, 0.25) is 0 Å². The standard InChI is InChI=1S/C7H17N.C4H11N/c1-6(2)5-8-7(3)4;1-4(2)3-5/h6-8H,5H2,1-4H3;4H,3,5H2,1-2H3. The fraction of sp³-hybridized carbons (Fsp3) is 1.00. The molecular weight excluding hydrogens is 160 g/mol. The molecule has 0 saturated carbocycles. The van der Waals surface area contributed by atoms with Crippen LogP contribution in [0.2, 0.25) is 0 Å². The Bertz CT molecular complexity index is 80.1. The molecule has 0 fully saturated rings. The second kappa shape index (κ2) is 10.0. The van der Waals surface area contributed by atoms with Crippen molar-refractivity contribution in [3.63, 3.8) is 0 Å². The lowest BCUT2D eigenvalue weighted by atomic mass is 10.2. The third-order valence-corrected chi connectivity index (χ3v) is 1.41. The monoisotopic (exact) mass is 188 g/mol. The molecule has 0 spiro atoms. The fourth-order valence-electron chi connectivity index (χ4n) is 0.471. The fourth-order valence-corrected chi connectivity index (χ4v) is 0.471. The molecule has 0 heterocycles. The SMILES string of the molecule is CC(C)CN.CC(C)CNC(C)C. The number of hydrogen-bond donors (Lipinski definition) is 2. The molecule has 0 radical (unpaired) electrons. The molecule has 3 N–H and O–H groups in total. The highest BCUT2D eigenvalue weighted by Gasteiger charge is 1.93. The quantitative estimate of drug-likeness (QED) is 0.710.